The molecule has 2 aromatic carbocycles. The molecule has 0 spiro atoms. The molecule has 8 nitrogen and oxygen atoms in total. The van der Waals surface area contributed by atoms with Crippen LogP contribution in [-0.4, -0.2) is 36.2 Å². The molecule has 2 heterocycles. The van der Waals surface area contributed by atoms with Gasteiger partial charge in [0.05, 0.1) is 23.1 Å². The largest absolute Gasteiger partial charge is 0.497 e. The van der Waals surface area contributed by atoms with E-state index in [1.807, 2.05) is 30.3 Å². The summed E-state index contributed by atoms with van der Waals surface area (Å²) in [6.45, 7) is 0. The zero-order valence-electron chi connectivity index (χ0n) is 16.3. The van der Waals surface area contributed by atoms with Gasteiger partial charge in [0, 0.05) is 12.6 Å². The highest BCUT2D eigenvalue weighted by Crippen LogP contribution is 2.29. The quantitative estimate of drug-likeness (QED) is 0.413. The zero-order chi connectivity index (χ0) is 21.1. The second-order valence-electron chi connectivity index (χ2n) is 6.45. The lowest BCUT2D eigenvalue weighted by molar-refractivity contribution is 0.0954. The average molecular weight is 421 g/mol. The number of methoxy groups -OCH3 is 1. The minimum atomic E-state index is -0.288. The Morgan fingerprint density at radius 1 is 1.07 bits per heavy atom. The molecule has 4 rings (SSSR count). The third-order valence-corrected chi connectivity index (χ3v) is 5.51. The molecule has 0 unspecified atom stereocenters. The number of anilines is 2. The summed E-state index contributed by atoms with van der Waals surface area (Å²) in [5, 5.41) is 12.1. The van der Waals surface area contributed by atoms with Crippen LogP contribution < -0.4 is 20.5 Å². The molecule has 0 fully saturated rings. The molecule has 152 valence electrons. The lowest BCUT2D eigenvalue weighted by Crippen LogP contribution is -2.38. The van der Waals surface area contributed by atoms with Gasteiger partial charge < -0.3 is 10.1 Å². The van der Waals surface area contributed by atoms with Gasteiger partial charge in [-0.25, -0.2) is 0 Å². The van der Waals surface area contributed by atoms with E-state index in [2.05, 4.69) is 20.9 Å². The Morgan fingerprint density at radius 2 is 1.80 bits per heavy atom. The predicted octanol–water partition coefficient (Wildman–Crippen LogP) is 3.67. The van der Waals surface area contributed by atoms with Crippen molar-refractivity contribution >= 4 is 44.9 Å². The van der Waals surface area contributed by atoms with Gasteiger partial charge >= 0.3 is 0 Å². The van der Waals surface area contributed by atoms with Crippen molar-refractivity contribution in [2.45, 2.75) is 0 Å². The van der Waals surface area contributed by atoms with Crippen molar-refractivity contribution in [1.82, 2.24) is 15.6 Å². The van der Waals surface area contributed by atoms with Gasteiger partial charge in [-0.15, -0.1) is 11.3 Å². The van der Waals surface area contributed by atoms with Gasteiger partial charge in [0.15, 0.2) is 0 Å². The second kappa shape index (κ2) is 8.26. The maximum atomic E-state index is 12.6. The molecule has 30 heavy (non-hydrogen) atoms. The number of hydrazine groups is 1. The SMILES string of the molecule is COc1ccc(C(=O)Nc2[nH]nc3sc(C(=O)NN(C)c4ccccc4)cc23)cc1. The average Bonchev–Trinajstić information content (AvgIpc) is 3.36. The fourth-order valence-electron chi connectivity index (χ4n) is 2.87. The molecular weight excluding hydrogens is 402 g/mol. The van der Waals surface area contributed by atoms with E-state index in [1.54, 1.807) is 49.5 Å². The number of fused-ring (bicyclic) bond motifs is 1. The number of carbonyl (C=O) groups excluding carboxylic acids is 2. The van der Waals surface area contributed by atoms with Gasteiger partial charge in [-0.3, -0.25) is 25.1 Å². The van der Waals surface area contributed by atoms with Crippen LogP contribution in [0, 0.1) is 0 Å². The minimum absolute atomic E-state index is 0.253. The summed E-state index contributed by atoms with van der Waals surface area (Å²) in [4.78, 5) is 26.3. The van der Waals surface area contributed by atoms with Crippen LogP contribution in [0.5, 0.6) is 5.75 Å². The summed E-state index contributed by atoms with van der Waals surface area (Å²) >= 11 is 1.24. The smallest absolute Gasteiger partial charge is 0.279 e. The van der Waals surface area contributed by atoms with Gasteiger partial charge in [0.1, 0.15) is 16.4 Å². The fourth-order valence-corrected chi connectivity index (χ4v) is 3.75. The Kier molecular flexibility index (Phi) is 5.36. The third-order valence-electron chi connectivity index (χ3n) is 4.48. The first-order valence-electron chi connectivity index (χ1n) is 9.08. The molecule has 0 atom stereocenters. The lowest BCUT2D eigenvalue weighted by atomic mass is 10.2. The second-order valence-corrected chi connectivity index (χ2v) is 7.48. The number of nitrogens with one attached hydrogen (secondary N) is 3. The lowest BCUT2D eigenvalue weighted by Gasteiger charge is -2.19. The molecule has 9 heteroatoms. The van der Waals surface area contributed by atoms with Crippen LogP contribution >= 0.6 is 11.3 Å². The van der Waals surface area contributed by atoms with Crippen molar-refractivity contribution in [2.24, 2.45) is 0 Å². The molecule has 0 radical (unpaired) electrons. The third kappa shape index (κ3) is 3.96. The van der Waals surface area contributed by atoms with Gasteiger partial charge in [0.25, 0.3) is 11.8 Å². The van der Waals surface area contributed by atoms with E-state index in [0.29, 0.717) is 32.2 Å². The van der Waals surface area contributed by atoms with Crippen LogP contribution in [0.3, 0.4) is 0 Å². The molecule has 2 aromatic heterocycles. The van der Waals surface area contributed by atoms with Crippen LogP contribution in [0.1, 0.15) is 20.0 Å². The van der Waals surface area contributed by atoms with Crippen molar-refractivity contribution in [3.05, 3.63) is 71.1 Å². The summed E-state index contributed by atoms with van der Waals surface area (Å²) in [6, 6.07) is 18.0. The van der Waals surface area contributed by atoms with E-state index in [9.17, 15) is 9.59 Å². The molecule has 0 saturated carbocycles. The van der Waals surface area contributed by atoms with E-state index in [1.165, 1.54) is 11.3 Å². The maximum absolute atomic E-state index is 12.6. The molecule has 0 saturated heterocycles. The minimum Gasteiger partial charge on any atom is -0.497 e. The van der Waals surface area contributed by atoms with Gasteiger partial charge in [-0.1, -0.05) is 18.2 Å². The first kappa shape index (κ1) is 19.5. The van der Waals surface area contributed by atoms with Crippen molar-refractivity contribution in [2.75, 3.05) is 24.5 Å². The number of aromatic nitrogens is 2. The number of H-pyrrole nitrogens is 1. The number of rotatable bonds is 6. The molecule has 0 aliphatic carbocycles. The Balaban J connectivity index is 1.49. The number of amides is 2. The molecule has 2 amide bonds. The molecule has 4 aromatic rings. The maximum Gasteiger partial charge on any atom is 0.279 e. The van der Waals surface area contributed by atoms with Gasteiger partial charge in [-0.2, -0.15) is 5.10 Å². The highest BCUT2D eigenvalue weighted by Gasteiger charge is 2.18. The number of thiophene rings is 1. The number of para-hydroxylation sites is 1. The summed E-state index contributed by atoms with van der Waals surface area (Å²) in [7, 11) is 3.34. The van der Waals surface area contributed by atoms with E-state index < -0.39 is 0 Å². The Labute approximate surface area is 176 Å². The van der Waals surface area contributed by atoms with Crippen molar-refractivity contribution in [3.63, 3.8) is 0 Å². The van der Waals surface area contributed by atoms with Crippen LogP contribution in [-0.2, 0) is 0 Å². The standard InChI is InChI=1S/C21H19N5O3S/c1-26(14-6-4-3-5-7-14)25-20(28)17-12-16-18(23-24-21(16)30-17)22-19(27)13-8-10-15(29-2)11-9-13/h3-12H,1-2H3,(H,25,28)(H2,22,23,24,27). The fraction of sp³-hybridized carbons (Fsp3) is 0.0952. The van der Waals surface area contributed by atoms with Crippen LogP contribution in [0.2, 0.25) is 0 Å². The topological polar surface area (TPSA) is 99.3 Å². The zero-order valence-corrected chi connectivity index (χ0v) is 17.1. The van der Waals surface area contributed by atoms with Crippen LogP contribution in [0.15, 0.2) is 60.7 Å². The molecule has 0 bridgehead atoms. The number of ether oxygens (including phenoxy) is 1. The first-order chi connectivity index (χ1) is 14.5. The van der Waals surface area contributed by atoms with Gasteiger partial charge in [0.2, 0.25) is 0 Å². The molecule has 3 N–H and O–H groups in total. The molecular formula is C21H19N5O3S. The predicted molar refractivity (Wildman–Crippen MR) is 117 cm³/mol. The summed E-state index contributed by atoms with van der Waals surface area (Å²) in [6.07, 6.45) is 0. The summed E-state index contributed by atoms with van der Waals surface area (Å²) < 4.78 is 5.11. The Bertz CT molecular complexity index is 1180. The van der Waals surface area contributed by atoms with Crippen molar-refractivity contribution < 1.29 is 14.3 Å². The van der Waals surface area contributed by atoms with Gasteiger partial charge in [-0.05, 0) is 42.5 Å². The van der Waals surface area contributed by atoms with E-state index in [-0.39, 0.29) is 11.8 Å². The normalized spacial score (nSPS) is 10.6. The highest BCUT2D eigenvalue weighted by molar-refractivity contribution is 7.20. The number of hydrogen-bond acceptors (Lipinski definition) is 6. The van der Waals surface area contributed by atoms with Crippen molar-refractivity contribution in [3.8, 4) is 5.75 Å². The highest BCUT2D eigenvalue weighted by atomic mass is 32.1. The number of carbonyl (C=O) groups is 2. The van der Waals surface area contributed by atoms with E-state index >= 15 is 0 Å². The van der Waals surface area contributed by atoms with Crippen molar-refractivity contribution in [1.29, 1.82) is 0 Å². The Hall–Kier alpha value is -3.85. The molecule has 0 aliphatic heterocycles. The number of aromatic amines is 1. The Morgan fingerprint density at radius 3 is 2.50 bits per heavy atom. The van der Waals surface area contributed by atoms with E-state index in [4.69, 9.17) is 4.74 Å². The summed E-state index contributed by atoms with van der Waals surface area (Å²) in [5.41, 5.74) is 4.17. The van der Waals surface area contributed by atoms with E-state index in [0.717, 1.165) is 5.69 Å². The van der Waals surface area contributed by atoms with Crippen LogP contribution in [0.4, 0.5) is 11.5 Å². The number of hydrogen-bond donors (Lipinski definition) is 3. The number of nitrogens with zero attached hydrogens (tertiary/aromatic N) is 2. The van der Waals surface area contributed by atoms with Crippen LogP contribution in [0.25, 0.3) is 10.2 Å². The monoisotopic (exact) mass is 421 g/mol. The first-order valence-corrected chi connectivity index (χ1v) is 9.90. The molecule has 0 aliphatic rings. The number of benzene rings is 2. The summed E-state index contributed by atoms with van der Waals surface area (Å²) in [5.74, 6) is 0.572.